The molecule has 0 saturated heterocycles. The minimum Gasteiger partial charge on any atom is -0.481 e. The van der Waals surface area contributed by atoms with E-state index in [4.69, 9.17) is 23.0 Å². The number of rotatable bonds is 14. The van der Waals surface area contributed by atoms with E-state index in [-0.39, 0.29) is 6.42 Å². The molecule has 5 N–H and O–H groups in total. The molecule has 0 aliphatic rings. The fraction of sp³-hybridized carbons (Fsp3) is 0.550. The Hall–Kier alpha value is -1.83. The molecule has 0 heterocycles. The Kier molecular flexibility index (Phi) is 13.6. The average Bonchev–Trinajstić information content (AvgIpc) is 2.51. The highest BCUT2D eigenvalue weighted by Crippen LogP contribution is 2.12. The first kappa shape index (κ1) is 22.2. The lowest BCUT2D eigenvalue weighted by Crippen LogP contribution is -2.49. The summed E-state index contributed by atoms with van der Waals surface area (Å²) in [6.07, 6.45) is 25.3. The van der Waals surface area contributed by atoms with Crippen LogP contribution in [0.25, 0.3) is 0 Å². The lowest BCUT2D eigenvalue weighted by atomic mass is 9.98. The molecular formula is C20H32N2O2. The molecule has 0 amide bonds. The van der Waals surface area contributed by atoms with Gasteiger partial charge in [0, 0.05) is 12.8 Å². The molecule has 0 aliphatic carbocycles. The SMILES string of the molecule is C#CCCCC(N)(N)CC/C=C\C/C=C\C/C=C\CCCC(=O)O. The Morgan fingerprint density at radius 1 is 0.958 bits per heavy atom. The van der Waals surface area contributed by atoms with Crippen molar-refractivity contribution in [3.05, 3.63) is 36.5 Å². The standard InChI is InChI=1S/C20H32N2O2/c1-2-3-14-17-20(21,22)18-15-12-10-8-6-4-5-7-9-11-13-16-19(23)24/h1,4,6-7,9-10,12H,3,5,8,11,13-18,21-22H2,(H,23,24)/b6-4-,9-7-,12-10-. The molecule has 0 fully saturated rings. The van der Waals surface area contributed by atoms with Crippen LogP contribution in [0.3, 0.4) is 0 Å². The van der Waals surface area contributed by atoms with Crippen molar-refractivity contribution in [1.29, 1.82) is 0 Å². The number of hydrogen-bond acceptors (Lipinski definition) is 3. The van der Waals surface area contributed by atoms with E-state index in [1.54, 1.807) is 0 Å². The molecule has 0 unspecified atom stereocenters. The molecule has 4 heteroatoms. The Morgan fingerprint density at radius 3 is 2.12 bits per heavy atom. The maximum atomic E-state index is 10.3. The van der Waals surface area contributed by atoms with E-state index in [2.05, 4.69) is 36.3 Å². The summed E-state index contributed by atoms with van der Waals surface area (Å²) in [5.74, 6) is 1.87. The van der Waals surface area contributed by atoms with Gasteiger partial charge in [-0.1, -0.05) is 36.5 Å². The molecule has 0 aromatic heterocycles. The molecule has 4 nitrogen and oxygen atoms in total. The van der Waals surface area contributed by atoms with Crippen LogP contribution in [0.4, 0.5) is 0 Å². The van der Waals surface area contributed by atoms with Gasteiger partial charge in [-0.15, -0.1) is 12.3 Å². The van der Waals surface area contributed by atoms with Crippen LogP contribution in [-0.2, 0) is 4.79 Å². The quantitative estimate of drug-likeness (QED) is 0.195. The zero-order chi connectivity index (χ0) is 18.1. The summed E-state index contributed by atoms with van der Waals surface area (Å²) in [6.45, 7) is 0. The summed E-state index contributed by atoms with van der Waals surface area (Å²) in [7, 11) is 0. The number of terminal acetylenes is 1. The molecule has 24 heavy (non-hydrogen) atoms. The predicted molar refractivity (Wildman–Crippen MR) is 101 cm³/mol. The van der Waals surface area contributed by atoms with Gasteiger partial charge in [-0.05, 0) is 51.4 Å². The van der Waals surface area contributed by atoms with Crippen LogP contribution in [0, 0.1) is 12.3 Å². The molecule has 0 radical (unpaired) electrons. The van der Waals surface area contributed by atoms with Gasteiger partial charge in [0.1, 0.15) is 0 Å². The molecule has 0 atom stereocenters. The maximum absolute atomic E-state index is 10.3. The van der Waals surface area contributed by atoms with Crippen LogP contribution in [0.5, 0.6) is 0 Å². The molecule has 0 aromatic carbocycles. The van der Waals surface area contributed by atoms with Crippen LogP contribution in [0.1, 0.15) is 64.2 Å². The largest absolute Gasteiger partial charge is 0.481 e. The smallest absolute Gasteiger partial charge is 0.303 e. The fourth-order valence-corrected chi connectivity index (χ4v) is 2.15. The van der Waals surface area contributed by atoms with Crippen LogP contribution in [-0.4, -0.2) is 16.7 Å². The molecule has 0 bridgehead atoms. The van der Waals surface area contributed by atoms with Gasteiger partial charge < -0.3 is 16.6 Å². The van der Waals surface area contributed by atoms with E-state index < -0.39 is 11.6 Å². The molecule has 0 rings (SSSR count). The summed E-state index contributed by atoms with van der Waals surface area (Å²) in [4.78, 5) is 10.3. The first-order valence-electron chi connectivity index (χ1n) is 8.66. The van der Waals surface area contributed by atoms with Crippen LogP contribution >= 0.6 is 0 Å². The third-order valence-corrected chi connectivity index (χ3v) is 3.55. The summed E-state index contributed by atoms with van der Waals surface area (Å²) in [5, 5.41) is 8.51. The second-order valence-corrected chi connectivity index (χ2v) is 6.00. The van der Waals surface area contributed by atoms with E-state index in [1.165, 1.54) is 0 Å². The highest BCUT2D eigenvalue weighted by atomic mass is 16.4. The number of carboxylic acid groups (broad SMARTS) is 1. The number of carbonyl (C=O) groups is 1. The topological polar surface area (TPSA) is 89.3 Å². The van der Waals surface area contributed by atoms with E-state index in [9.17, 15) is 4.79 Å². The van der Waals surface area contributed by atoms with Crippen molar-refractivity contribution in [1.82, 2.24) is 0 Å². The summed E-state index contributed by atoms with van der Waals surface area (Å²) >= 11 is 0. The molecular weight excluding hydrogens is 300 g/mol. The first-order valence-corrected chi connectivity index (χ1v) is 8.66. The van der Waals surface area contributed by atoms with E-state index in [1.807, 2.05) is 6.08 Å². The molecule has 0 saturated carbocycles. The normalized spacial score (nSPS) is 12.4. The van der Waals surface area contributed by atoms with E-state index in [0.29, 0.717) is 6.42 Å². The zero-order valence-electron chi connectivity index (χ0n) is 14.6. The van der Waals surface area contributed by atoms with Crippen LogP contribution in [0.2, 0.25) is 0 Å². The summed E-state index contributed by atoms with van der Waals surface area (Å²) in [6, 6.07) is 0. The van der Waals surface area contributed by atoms with Crippen molar-refractivity contribution in [2.75, 3.05) is 0 Å². The maximum Gasteiger partial charge on any atom is 0.303 e. The van der Waals surface area contributed by atoms with Crippen LogP contribution in [0.15, 0.2) is 36.5 Å². The number of allylic oxidation sites excluding steroid dienone is 6. The van der Waals surface area contributed by atoms with E-state index >= 15 is 0 Å². The van der Waals surface area contributed by atoms with Gasteiger partial charge >= 0.3 is 5.97 Å². The third-order valence-electron chi connectivity index (χ3n) is 3.55. The number of unbranched alkanes of at least 4 members (excludes halogenated alkanes) is 2. The summed E-state index contributed by atoms with van der Waals surface area (Å²) < 4.78 is 0. The number of carboxylic acids is 1. The predicted octanol–water partition coefficient (Wildman–Crippen LogP) is 3.89. The Balaban J connectivity index is 3.62. The fourth-order valence-electron chi connectivity index (χ4n) is 2.15. The second kappa shape index (κ2) is 14.7. The van der Waals surface area contributed by atoms with Crippen molar-refractivity contribution in [2.45, 2.75) is 69.9 Å². The van der Waals surface area contributed by atoms with Crippen LogP contribution < -0.4 is 11.5 Å². The molecule has 0 spiro atoms. The van der Waals surface area contributed by atoms with Gasteiger partial charge in [0.25, 0.3) is 0 Å². The van der Waals surface area contributed by atoms with Gasteiger partial charge in [0.05, 0.1) is 5.66 Å². The Labute approximate surface area is 146 Å². The van der Waals surface area contributed by atoms with E-state index in [0.717, 1.165) is 51.4 Å². The van der Waals surface area contributed by atoms with Gasteiger partial charge in [-0.3, -0.25) is 4.79 Å². The minimum atomic E-state index is -0.732. The van der Waals surface area contributed by atoms with Gasteiger partial charge in [0.2, 0.25) is 0 Å². The molecule has 134 valence electrons. The average molecular weight is 332 g/mol. The number of nitrogens with two attached hydrogens (primary N) is 2. The lowest BCUT2D eigenvalue weighted by molar-refractivity contribution is -0.137. The van der Waals surface area contributed by atoms with Crippen molar-refractivity contribution in [3.63, 3.8) is 0 Å². The van der Waals surface area contributed by atoms with Crippen molar-refractivity contribution < 1.29 is 9.90 Å². The summed E-state index contributed by atoms with van der Waals surface area (Å²) in [5.41, 5.74) is 11.4. The Bertz CT molecular complexity index is 457. The van der Waals surface area contributed by atoms with Gasteiger partial charge in [0.15, 0.2) is 0 Å². The molecule has 0 aromatic rings. The van der Waals surface area contributed by atoms with Gasteiger partial charge in [-0.2, -0.15) is 0 Å². The van der Waals surface area contributed by atoms with Crippen molar-refractivity contribution >= 4 is 5.97 Å². The minimum absolute atomic E-state index is 0.238. The highest BCUT2D eigenvalue weighted by molar-refractivity contribution is 5.66. The zero-order valence-corrected chi connectivity index (χ0v) is 14.6. The molecule has 0 aliphatic heterocycles. The highest BCUT2D eigenvalue weighted by Gasteiger charge is 2.16. The van der Waals surface area contributed by atoms with Crippen molar-refractivity contribution in [3.8, 4) is 12.3 Å². The lowest BCUT2D eigenvalue weighted by Gasteiger charge is -2.23. The van der Waals surface area contributed by atoms with Gasteiger partial charge in [-0.25, -0.2) is 0 Å². The second-order valence-electron chi connectivity index (χ2n) is 6.00. The third kappa shape index (κ3) is 16.5. The Morgan fingerprint density at radius 2 is 1.54 bits per heavy atom. The first-order chi connectivity index (χ1) is 11.5. The van der Waals surface area contributed by atoms with Crippen molar-refractivity contribution in [2.24, 2.45) is 11.5 Å². The number of hydrogen-bond donors (Lipinski definition) is 3. The monoisotopic (exact) mass is 332 g/mol. The number of aliphatic carboxylic acids is 1.